The quantitative estimate of drug-likeness (QED) is 0.802. The van der Waals surface area contributed by atoms with Crippen LogP contribution in [0.5, 0.6) is 5.75 Å². The fraction of sp³-hybridized carbons (Fsp3) is 0.550. The molecule has 0 aliphatic carbocycles. The summed E-state index contributed by atoms with van der Waals surface area (Å²) >= 11 is 1.53. The van der Waals surface area contributed by atoms with Crippen molar-refractivity contribution in [2.45, 2.75) is 43.6 Å². The van der Waals surface area contributed by atoms with Gasteiger partial charge in [0.1, 0.15) is 16.8 Å². The average molecular weight is 387 g/mol. The number of hydrogen-bond donors (Lipinski definition) is 0. The summed E-state index contributed by atoms with van der Waals surface area (Å²) in [6, 6.07) is 8.09. The Labute approximate surface area is 164 Å². The number of benzene rings is 1. The van der Waals surface area contributed by atoms with Crippen LogP contribution in [0.4, 0.5) is 0 Å². The molecule has 2 aromatic rings. The van der Waals surface area contributed by atoms with E-state index in [1.807, 2.05) is 19.1 Å². The number of likely N-dealkylation sites (tertiary alicyclic amines) is 1. The zero-order chi connectivity index (χ0) is 19.1. The fourth-order valence-electron chi connectivity index (χ4n) is 4.44. The molecule has 0 spiro atoms. The summed E-state index contributed by atoms with van der Waals surface area (Å²) in [6.45, 7) is 8.40. The molecule has 1 saturated heterocycles. The van der Waals surface area contributed by atoms with Crippen LogP contribution in [0.2, 0.25) is 0 Å². The number of carbonyl (C=O) groups is 1. The van der Waals surface area contributed by atoms with Crippen LogP contribution in [0, 0.1) is 18.8 Å². The van der Waals surface area contributed by atoms with Crippen LogP contribution in [-0.4, -0.2) is 51.0 Å². The van der Waals surface area contributed by atoms with Crippen molar-refractivity contribution < 1.29 is 9.53 Å². The smallest absolute Gasteiger partial charge is 0.264 e. The standard InChI is InChI=1S/C20H26N4O2S/c1-12-8-13(2)11-23(10-12)17(15-6-5-7-16(9-15)26-4)18-19(25)24-20(27-18)21-14(3)22-24/h5-7,9,12-13,17-18H,8,10-11H2,1-4H3. The number of hydrogen-bond acceptors (Lipinski definition) is 6. The molecule has 0 radical (unpaired) electrons. The predicted molar refractivity (Wildman–Crippen MR) is 105 cm³/mol. The third-order valence-corrected chi connectivity index (χ3v) is 6.57. The molecular formula is C20H26N4O2S. The monoisotopic (exact) mass is 386 g/mol. The number of fused-ring (bicyclic) bond motifs is 1. The molecule has 6 nitrogen and oxygen atoms in total. The highest BCUT2D eigenvalue weighted by molar-refractivity contribution is 8.00. The molecule has 0 bridgehead atoms. The van der Waals surface area contributed by atoms with Gasteiger partial charge in [-0.2, -0.15) is 4.68 Å². The highest BCUT2D eigenvalue weighted by atomic mass is 32.2. The Bertz CT molecular complexity index is 842. The van der Waals surface area contributed by atoms with Crippen LogP contribution in [0.1, 0.15) is 42.5 Å². The van der Waals surface area contributed by atoms with Crippen molar-refractivity contribution in [1.29, 1.82) is 0 Å². The summed E-state index contributed by atoms with van der Waals surface area (Å²) < 4.78 is 6.93. The second-order valence-electron chi connectivity index (χ2n) is 7.85. The molecule has 0 saturated carbocycles. The number of piperidine rings is 1. The van der Waals surface area contributed by atoms with Gasteiger partial charge in [0.25, 0.3) is 5.91 Å². The first-order valence-electron chi connectivity index (χ1n) is 9.48. The number of carbonyl (C=O) groups excluding carboxylic acids is 1. The van der Waals surface area contributed by atoms with Gasteiger partial charge in [0.15, 0.2) is 5.16 Å². The lowest BCUT2D eigenvalue weighted by atomic mass is 9.88. The number of nitrogens with zero attached hydrogens (tertiary/aromatic N) is 4. The molecule has 1 aromatic carbocycles. The van der Waals surface area contributed by atoms with Gasteiger partial charge in [-0.3, -0.25) is 9.69 Å². The number of methoxy groups -OCH3 is 1. The maximum Gasteiger partial charge on any atom is 0.264 e. The van der Waals surface area contributed by atoms with E-state index in [1.54, 1.807) is 7.11 Å². The van der Waals surface area contributed by atoms with Gasteiger partial charge in [0, 0.05) is 13.1 Å². The van der Waals surface area contributed by atoms with E-state index in [2.05, 4.69) is 41.0 Å². The molecule has 1 aromatic heterocycles. The van der Waals surface area contributed by atoms with Gasteiger partial charge in [0.05, 0.1) is 13.2 Å². The molecule has 4 rings (SSSR count). The molecule has 4 unspecified atom stereocenters. The first-order valence-corrected chi connectivity index (χ1v) is 10.4. The highest BCUT2D eigenvalue weighted by Crippen LogP contribution is 2.43. The summed E-state index contributed by atoms with van der Waals surface area (Å²) in [4.78, 5) is 20.1. The Morgan fingerprint density at radius 1 is 1.26 bits per heavy atom. The van der Waals surface area contributed by atoms with Crippen molar-refractivity contribution in [3.05, 3.63) is 35.7 Å². The number of aryl methyl sites for hydroxylation is 1. The number of aromatic nitrogens is 3. The van der Waals surface area contributed by atoms with E-state index in [0.29, 0.717) is 22.8 Å². The number of rotatable bonds is 4. The largest absolute Gasteiger partial charge is 0.497 e. The van der Waals surface area contributed by atoms with E-state index in [0.717, 1.165) is 24.4 Å². The zero-order valence-electron chi connectivity index (χ0n) is 16.3. The van der Waals surface area contributed by atoms with Gasteiger partial charge in [-0.05, 0) is 42.9 Å². The Kier molecular flexibility index (Phi) is 4.99. The first kappa shape index (κ1) is 18.5. The van der Waals surface area contributed by atoms with Crippen LogP contribution >= 0.6 is 11.8 Å². The summed E-state index contributed by atoms with van der Waals surface area (Å²) in [7, 11) is 1.68. The maximum atomic E-state index is 13.2. The average Bonchev–Trinajstić information content (AvgIpc) is 3.12. The summed E-state index contributed by atoms with van der Waals surface area (Å²) in [5.41, 5.74) is 1.11. The van der Waals surface area contributed by atoms with Crippen LogP contribution in [0.3, 0.4) is 0 Å². The van der Waals surface area contributed by atoms with Gasteiger partial charge in [-0.1, -0.05) is 37.7 Å². The summed E-state index contributed by atoms with van der Waals surface area (Å²) in [5, 5.41) is 4.76. The molecule has 2 aliphatic rings. The summed E-state index contributed by atoms with van der Waals surface area (Å²) in [5.74, 6) is 2.70. The third kappa shape index (κ3) is 3.50. The molecular weight excluding hydrogens is 360 g/mol. The molecule has 2 aliphatic heterocycles. The van der Waals surface area contributed by atoms with Crippen molar-refractivity contribution in [3.63, 3.8) is 0 Å². The zero-order valence-corrected chi connectivity index (χ0v) is 17.1. The van der Waals surface area contributed by atoms with Gasteiger partial charge >= 0.3 is 0 Å². The van der Waals surface area contributed by atoms with Crippen molar-refractivity contribution in [1.82, 2.24) is 19.7 Å². The Hall–Kier alpha value is -1.86. The molecule has 0 amide bonds. The van der Waals surface area contributed by atoms with Crippen molar-refractivity contribution >= 4 is 17.7 Å². The SMILES string of the molecule is COc1cccc(C(C2Sc3nc(C)nn3C2=O)N2CC(C)CC(C)C2)c1. The van der Waals surface area contributed by atoms with E-state index in [9.17, 15) is 4.79 Å². The third-order valence-electron chi connectivity index (χ3n) is 5.38. The van der Waals surface area contributed by atoms with E-state index >= 15 is 0 Å². The Morgan fingerprint density at radius 2 is 2.00 bits per heavy atom. The van der Waals surface area contributed by atoms with Crippen molar-refractivity contribution in [3.8, 4) is 5.75 Å². The highest BCUT2D eigenvalue weighted by Gasteiger charge is 2.44. The van der Waals surface area contributed by atoms with Crippen LogP contribution < -0.4 is 4.74 Å². The van der Waals surface area contributed by atoms with Gasteiger partial charge < -0.3 is 4.74 Å². The van der Waals surface area contributed by atoms with E-state index < -0.39 is 0 Å². The number of ether oxygens (including phenoxy) is 1. The molecule has 0 N–H and O–H groups in total. The van der Waals surface area contributed by atoms with Crippen molar-refractivity contribution in [2.75, 3.05) is 20.2 Å². The molecule has 4 atom stereocenters. The van der Waals surface area contributed by atoms with Crippen LogP contribution in [-0.2, 0) is 0 Å². The molecule has 3 heterocycles. The van der Waals surface area contributed by atoms with E-state index in [1.165, 1.54) is 22.9 Å². The Balaban J connectivity index is 1.72. The van der Waals surface area contributed by atoms with Gasteiger partial charge in [0.2, 0.25) is 0 Å². The topological polar surface area (TPSA) is 60.3 Å². The maximum absolute atomic E-state index is 13.2. The minimum atomic E-state index is -0.245. The minimum Gasteiger partial charge on any atom is -0.497 e. The first-order chi connectivity index (χ1) is 13.0. The van der Waals surface area contributed by atoms with E-state index in [4.69, 9.17) is 4.74 Å². The molecule has 144 valence electrons. The number of thioether (sulfide) groups is 1. The lowest BCUT2D eigenvalue weighted by Crippen LogP contribution is -2.46. The Morgan fingerprint density at radius 3 is 2.67 bits per heavy atom. The second kappa shape index (κ2) is 7.28. The summed E-state index contributed by atoms with van der Waals surface area (Å²) in [6.07, 6.45) is 1.23. The lowest BCUT2D eigenvalue weighted by molar-refractivity contribution is 0.0712. The normalized spacial score (nSPS) is 26.8. The molecule has 27 heavy (non-hydrogen) atoms. The predicted octanol–water partition coefficient (Wildman–Crippen LogP) is 3.43. The van der Waals surface area contributed by atoms with Gasteiger partial charge in [-0.25, -0.2) is 4.98 Å². The lowest BCUT2D eigenvalue weighted by Gasteiger charge is -2.41. The minimum absolute atomic E-state index is 0.0217. The van der Waals surface area contributed by atoms with Gasteiger partial charge in [-0.15, -0.1) is 5.10 Å². The van der Waals surface area contributed by atoms with Crippen molar-refractivity contribution in [2.24, 2.45) is 11.8 Å². The fourth-order valence-corrected chi connectivity index (χ4v) is 5.74. The molecule has 1 fully saturated rings. The van der Waals surface area contributed by atoms with E-state index in [-0.39, 0.29) is 17.2 Å². The van der Waals surface area contributed by atoms with Crippen LogP contribution in [0.25, 0.3) is 0 Å². The second-order valence-corrected chi connectivity index (χ2v) is 8.96. The van der Waals surface area contributed by atoms with Crippen LogP contribution in [0.15, 0.2) is 29.4 Å². The molecule has 7 heteroatoms.